The first-order valence-electron chi connectivity index (χ1n) is 8.28. The van der Waals surface area contributed by atoms with Gasteiger partial charge in [0.15, 0.2) is 0 Å². The summed E-state index contributed by atoms with van der Waals surface area (Å²) in [6.45, 7) is 0. The second-order valence-electron chi connectivity index (χ2n) is 6.09. The number of nitrogens with one attached hydrogen (secondary N) is 2. The van der Waals surface area contributed by atoms with Crippen LogP contribution in [0.3, 0.4) is 0 Å². The van der Waals surface area contributed by atoms with Crippen LogP contribution < -0.4 is 15.2 Å². The van der Waals surface area contributed by atoms with Gasteiger partial charge in [-0.15, -0.1) is 0 Å². The highest BCUT2D eigenvalue weighted by atomic mass is 32.2. The zero-order valence-corrected chi connectivity index (χ0v) is 17.0. The fraction of sp³-hybridized carbons (Fsp3) is 0.0588. The maximum Gasteiger partial charge on any atom is 0.416 e. The number of nitrogens with zero attached hydrogens (tertiary/aromatic N) is 2. The Hall–Kier alpha value is -3.23. The molecule has 0 amide bonds. The summed E-state index contributed by atoms with van der Waals surface area (Å²) in [5.74, 6) is -0.247. The predicted octanol–water partition coefficient (Wildman–Crippen LogP) is 2.69. The lowest BCUT2D eigenvalue weighted by Gasteiger charge is -2.11. The summed E-state index contributed by atoms with van der Waals surface area (Å²) >= 11 is 0. The average molecular weight is 473 g/mol. The topological polar surface area (TPSA) is 144 Å². The van der Waals surface area contributed by atoms with Gasteiger partial charge in [0.05, 0.1) is 15.4 Å². The molecule has 0 aliphatic rings. The third-order valence-electron chi connectivity index (χ3n) is 3.81. The largest absolute Gasteiger partial charge is 0.416 e. The molecule has 0 aliphatic carbocycles. The fourth-order valence-corrected chi connectivity index (χ4v) is 3.88. The minimum Gasteiger partial charge on any atom is -0.340 e. The number of anilines is 3. The summed E-state index contributed by atoms with van der Waals surface area (Å²) in [4.78, 5) is 6.98. The highest BCUT2D eigenvalue weighted by Crippen LogP contribution is 2.30. The molecule has 4 N–H and O–H groups in total. The van der Waals surface area contributed by atoms with Crippen LogP contribution in [0.4, 0.5) is 30.6 Å². The van der Waals surface area contributed by atoms with Gasteiger partial charge in [-0.3, -0.25) is 0 Å². The number of aromatic nitrogens is 2. The van der Waals surface area contributed by atoms with Gasteiger partial charge in [0.2, 0.25) is 16.0 Å². The Balaban J connectivity index is 1.80. The molecule has 0 saturated carbocycles. The van der Waals surface area contributed by atoms with Gasteiger partial charge in [0.25, 0.3) is 10.0 Å². The van der Waals surface area contributed by atoms with Gasteiger partial charge in [0.1, 0.15) is 5.82 Å². The molecule has 14 heteroatoms. The van der Waals surface area contributed by atoms with Gasteiger partial charge in [-0.2, -0.15) is 18.2 Å². The number of primary sulfonamides is 1. The Bertz CT molecular complexity index is 1310. The molecule has 0 unspecified atom stereocenters. The highest BCUT2D eigenvalue weighted by Gasteiger charge is 2.31. The summed E-state index contributed by atoms with van der Waals surface area (Å²) in [5.41, 5.74) is -0.701. The van der Waals surface area contributed by atoms with E-state index >= 15 is 0 Å². The van der Waals surface area contributed by atoms with E-state index in [1.54, 1.807) is 0 Å². The number of hydrogen-bond acceptors (Lipinski definition) is 7. The second-order valence-corrected chi connectivity index (χ2v) is 9.33. The molecule has 1 aromatic heterocycles. The SMILES string of the molecule is NS(=O)(=O)c1ccc(Nc2ccnc(NS(=O)(=O)c3cccc(C(F)(F)F)c3)n2)cc1. The molecule has 0 atom stereocenters. The molecule has 0 bridgehead atoms. The smallest absolute Gasteiger partial charge is 0.340 e. The summed E-state index contributed by atoms with van der Waals surface area (Å²) in [5, 5.41) is 7.83. The number of rotatable bonds is 6. The molecule has 0 radical (unpaired) electrons. The number of hydrogen-bond donors (Lipinski definition) is 3. The van der Waals surface area contributed by atoms with Gasteiger partial charge in [-0.05, 0) is 48.5 Å². The Morgan fingerprint density at radius 1 is 0.903 bits per heavy atom. The molecular weight excluding hydrogens is 459 g/mol. The van der Waals surface area contributed by atoms with Crippen molar-refractivity contribution < 1.29 is 30.0 Å². The van der Waals surface area contributed by atoms with Crippen LogP contribution in [-0.2, 0) is 26.2 Å². The van der Waals surface area contributed by atoms with Crippen LogP contribution in [0.5, 0.6) is 0 Å². The van der Waals surface area contributed by atoms with Crippen LogP contribution in [0.25, 0.3) is 0 Å². The van der Waals surface area contributed by atoms with Crippen molar-refractivity contribution in [2.24, 2.45) is 5.14 Å². The van der Waals surface area contributed by atoms with E-state index in [1.807, 2.05) is 4.72 Å². The fourth-order valence-electron chi connectivity index (χ4n) is 2.37. The molecule has 0 spiro atoms. The molecule has 0 aliphatic heterocycles. The third kappa shape index (κ3) is 5.68. The Labute approximate surface area is 175 Å². The number of nitrogens with two attached hydrogens (primary N) is 1. The highest BCUT2D eigenvalue weighted by molar-refractivity contribution is 7.92. The van der Waals surface area contributed by atoms with E-state index in [4.69, 9.17) is 5.14 Å². The van der Waals surface area contributed by atoms with E-state index in [-0.39, 0.29) is 16.7 Å². The normalized spacial score (nSPS) is 12.4. The van der Waals surface area contributed by atoms with E-state index in [9.17, 15) is 30.0 Å². The number of sulfonamides is 2. The zero-order valence-electron chi connectivity index (χ0n) is 15.3. The molecule has 2 aromatic carbocycles. The van der Waals surface area contributed by atoms with Crippen molar-refractivity contribution in [1.82, 2.24) is 9.97 Å². The van der Waals surface area contributed by atoms with Crippen LogP contribution in [0.1, 0.15) is 5.56 Å². The van der Waals surface area contributed by atoms with Crippen LogP contribution in [0.15, 0.2) is 70.6 Å². The van der Waals surface area contributed by atoms with Gasteiger partial charge in [0, 0.05) is 11.9 Å². The van der Waals surface area contributed by atoms with Crippen molar-refractivity contribution in [1.29, 1.82) is 0 Å². The second kappa shape index (κ2) is 8.13. The number of benzene rings is 2. The van der Waals surface area contributed by atoms with E-state index in [1.165, 1.54) is 36.5 Å². The molecule has 3 aromatic rings. The first-order chi connectivity index (χ1) is 14.3. The maximum absolute atomic E-state index is 12.8. The molecule has 3 rings (SSSR count). The molecule has 9 nitrogen and oxygen atoms in total. The summed E-state index contributed by atoms with van der Waals surface area (Å²) in [6, 6.07) is 9.97. The van der Waals surface area contributed by atoms with E-state index in [0.29, 0.717) is 11.8 Å². The minimum atomic E-state index is -4.70. The maximum atomic E-state index is 12.8. The first-order valence-corrected chi connectivity index (χ1v) is 11.3. The van der Waals surface area contributed by atoms with Gasteiger partial charge in [-0.25, -0.2) is 31.7 Å². The van der Waals surface area contributed by atoms with Crippen molar-refractivity contribution >= 4 is 37.5 Å². The van der Waals surface area contributed by atoms with E-state index < -0.39 is 36.7 Å². The minimum absolute atomic E-state index is 0.102. The lowest BCUT2D eigenvalue weighted by atomic mass is 10.2. The molecule has 0 fully saturated rings. The molecule has 31 heavy (non-hydrogen) atoms. The van der Waals surface area contributed by atoms with Gasteiger partial charge < -0.3 is 5.32 Å². The summed E-state index contributed by atoms with van der Waals surface area (Å²) in [7, 11) is -8.25. The van der Waals surface area contributed by atoms with Crippen molar-refractivity contribution in [3.63, 3.8) is 0 Å². The predicted molar refractivity (Wildman–Crippen MR) is 105 cm³/mol. The van der Waals surface area contributed by atoms with Crippen molar-refractivity contribution in [2.45, 2.75) is 16.0 Å². The number of alkyl halides is 3. The van der Waals surface area contributed by atoms with Gasteiger partial charge >= 0.3 is 6.18 Å². The molecule has 1 heterocycles. The molecule has 0 saturated heterocycles. The van der Waals surface area contributed by atoms with Crippen molar-refractivity contribution in [2.75, 3.05) is 10.0 Å². The Morgan fingerprint density at radius 2 is 1.58 bits per heavy atom. The average Bonchev–Trinajstić information content (AvgIpc) is 2.67. The summed E-state index contributed by atoms with van der Waals surface area (Å²) in [6.07, 6.45) is -3.48. The zero-order chi connectivity index (χ0) is 22.9. The van der Waals surface area contributed by atoms with E-state index in [0.717, 1.165) is 18.2 Å². The van der Waals surface area contributed by atoms with Crippen molar-refractivity contribution in [3.05, 3.63) is 66.4 Å². The van der Waals surface area contributed by atoms with E-state index in [2.05, 4.69) is 15.3 Å². The standard InChI is InChI=1S/C17H14F3N5O4S2/c18-17(19,20)11-2-1-3-14(10-11)31(28,29)25-16-22-9-8-15(24-16)23-12-4-6-13(7-5-12)30(21,26)27/h1-10H,(H2,21,26,27)(H2,22,23,24,25). The van der Waals surface area contributed by atoms with Crippen LogP contribution in [0.2, 0.25) is 0 Å². The van der Waals surface area contributed by atoms with Crippen molar-refractivity contribution in [3.8, 4) is 0 Å². The third-order valence-corrected chi connectivity index (χ3v) is 6.06. The molecule has 164 valence electrons. The Morgan fingerprint density at radius 3 is 2.19 bits per heavy atom. The first kappa shape index (κ1) is 22.5. The quantitative estimate of drug-likeness (QED) is 0.499. The monoisotopic (exact) mass is 473 g/mol. The molecular formula is C17H14F3N5O4S2. The van der Waals surface area contributed by atoms with Crippen LogP contribution in [0, 0.1) is 0 Å². The number of halogens is 3. The lowest BCUT2D eigenvalue weighted by Crippen LogP contribution is -2.16. The summed E-state index contributed by atoms with van der Waals surface area (Å²) < 4.78 is 88.0. The lowest BCUT2D eigenvalue weighted by molar-refractivity contribution is -0.137. The van der Waals surface area contributed by atoms with Crippen LogP contribution >= 0.6 is 0 Å². The Kier molecular flexibility index (Phi) is 5.89. The van der Waals surface area contributed by atoms with Crippen LogP contribution in [-0.4, -0.2) is 26.8 Å². The van der Waals surface area contributed by atoms with Gasteiger partial charge in [-0.1, -0.05) is 6.07 Å².